The van der Waals surface area contributed by atoms with Crippen molar-refractivity contribution in [3.63, 3.8) is 0 Å². The zero-order valence-electron chi connectivity index (χ0n) is 42.4. The molecular formula is C56H101NO7. The minimum absolute atomic E-state index is 0.0362. The van der Waals surface area contributed by atoms with Crippen molar-refractivity contribution >= 4 is 17.9 Å². The van der Waals surface area contributed by atoms with Gasteiger partial charge in [-0.15, -0.1) is 0 Å². The number of quaternary nitrogens is 1. The first-order valence-corrected chi connectivity index (χ1v) is 26.7. The summed E-state index contributed by atoms with van der Waals surface area (Å²) < 4.78 is 17.3. The minimum Gasteiger partial charge on any atom is -0.544 e. The van der Waals surface area contributed by atoms with Crippen molar-refractivity contribution in [2.45, 2.75) is 251 Å². The number of aliphatic carboxylic acids is 1. The minimum atomic E-state index is -1.13. The summed E-state index contributed by atoms with van der Waals surface area (Å²) in [6.07, 6.45) is 57.1. The molecule has 0 heterocycles. The lowest BCUT2D eigenvalue weighted by molar-refractivity contribution is -0.889. The molecule has 0 saturated carbocycles. The third kappa shape index (κ3) is 44.5. The number of hydrogen-bond donors (Lipinski definition) is 0. The van der Waals surface area contributed by atoms with E-state index in [0.717, 1.165) is 70.6 Å². The largest absolute Gasteiger partial charge is 0.544 e. The van der Waals surface area contributed by atoms with Crippen LogP contribution in [0.1, 0.15) is 239 Å². The first-order chi connectivity index (χ1) is 31.1. The van der Waals surface area contributed by atoms with Gasteiger partial charge in [-0.25, -0.2) is 0 Å². The van der Waals surface area contributed by atoms with Crippen molar-refractivity contribution in [1.29, 1.82) is 0 Å². The maximum Gasteiger partial charge on any atom is 0.306 e. The summed E-state index contributed by atoms with van der Waals surface area (Å²) in [7, 11) is 5.42. The maximum atomic E-state index is 12.8. The van der Waals surface area contributed by atoms with Gasteiger partial charge in [-0.2, -0.15) is 0 Å². The molecule has 0 N–H and O–H groups in total. The number of carbonyl (C=O) groups is 3. The topological polar surface area (TPSA) is 102 Å². The molecule has 0 radical (unpaired) electrons. The van der Waals surface area contributed by atoms with Crippen LogP contribution < -0.4 is 5.11 Å². The smallest absolute Gasteiger partial charge is 0.306 e. The van der Waals surface area contributed by atoms with Gasteiger partial charge in [0, 0.05) is 19.3 Å². The van der Waals surface area contributed by atoms with Gasteiger partial charge in [0.05, 0.1) is 40.3 Å². The maximum absolute atomic E-state index is 12.8. The molecule has 0 aromatic rings. The lowest BCUT2D eigenvalue weighted by atomic mass is 10.1. The molecule has 8 nitrogen and oxygen atoms in total. The van der Waals surface area contributed by atoms with Gasteiger partial charge in [0.2, 0.25) is 0 Å². The Morgan fingerprint density at radius 1 is 0.469 bits per heavy atom. The molecule has 372 valence electrons. The number of hydrogen-bond acceptors (Lipinski definition) is 7. The third-order valence-corrected chi connectivity index (χ3v) is 11.9. The molecule has 0 saturated heterocycles. The second kappa shape index (κ2) is 46.8. The van der Waals surface area contributed by atoms with E-state index in [2.05, 4.69) is 62.5 Å². The molecule has 2 unspecified atom stereocenters. The van der Waals surface area contributed by atoms with Crippen LogP contribution in [0.2, 0.25) is 0 Å². The Hall–Kier alpha value is -2.71. The Labute approximate surface area is 395 Å². The highest BCUT2D eigenvalue weighted by atomic mass is 16.6. The van der Waals surface area contributed by atoms with Crippen LogP contribution in [0, 0.1) is 0 Å². The van der Waals surface area contributed by atoms with Gasteiger partial charge in [0.15, 0.2) is 6.10 Å². The molecule has 0 aliphatic heterocycles. The van der Waals surface area contributed by atoms with Crippen molar-refractivity contribution in [3.8, 4) is 0 Å². The summed E-state index contributed by atoms with van der Waals surface area (Å²) in [5.74, 6) is -1.74. The molecular weight excluding hydrogens is 799 g/mol. The second-order valence-corrected chi connectivity index (χ2v) is 19.1. The summed E-state index contributed by atoms with van der Waals surface area (Å²) in [4.78, 5) is 37.1. The molecule has 2 atom stereocenters. The predicted octanol–water partition coefficient (Wildman–Crippen LogP) is 14.2. The zero-order valence-corrected chi connectivity index (χ0v) is 42.4. The van der Waals surface area contributed by atoms with Crippen molar-refractivity contribution in [1.82, 2.24) is 0 Å². The summed E-state index contributed by atoms with van der Waals surface area (Å²) in [6.45, 7) is 4.65. The van der Waals surface area contributed by atoms with E-state index in [0.29, 0.717) is 12.8 Å². The first-order valence-electron chi connectivity index (χ1n) is 26.7. The fourth-order valence-corrected chi connectivity index (χ4v) is 7.78. The molecule has 0 aromatic heterocycles. The van der Waals surface area contributed by atoms with Gasteiger partial charge < -0.3 is 28.6 Å². The van der Waals surface area contributed by atoms with Crippen LogP contribution in [0.15, 0.2) is 48.6 Å². The molecule has 0 bridgehead atoms. The van der Waals surface area contributed by atoms with E-state index in [-0.39, 0.29) is 42.7 Å². The molecule has 0 aliphatic rings. The summed E-state index contributed by atoms with van der Waals surface area (Å²) in [5, 5.41) is 11.7. The quantitative estimate of drug-likeness (QED) is 0.0259. The number of allylic oxidation sites excluding steroid dienone is 8. The van der Waals surface area contributed by atoms with Crippen LogP contribution in [0.5, 0.6) is 0 Å². The monoisotopic (exact) mass is 900 g/mol. The fraction of sp³-hybridized carbons (Fsp3) is 0.804. The highest BCUT2D eigenvalue weighted by Crippen LogP contribution is 2.15. The van der Waals surface area contributed by atoms with Crippen molar-refractivity contribution in [2.24, 2.45) is 0 Å². The Balaban J connectivity index is 4.24. The van der Waals surface area contributed by atoms with Crippen molar-refractivity contribution in [3.05, 3.63) is 48.6 Å². The van der Waals surface area contributed by atoms with Crippen LogP contribution in [0.3, 0.4) is 0 Å². The second-order valence-electron chi connectivity index (χ2n) is 19.1. The highest BCUT2D eigenvalue weighted by molar-refractivity contribution is 5.70. The van der Waals surface area contributed by atoms with Gasteiger partial charge in [0.1, 0.15) is 12.6 Å². The van der Waals surface area contributed by atoms with Crippen LogP contribution >= 0.6 is 0 Å². The van der Waals surface area contributed by atoms with E-state index in [9.17, 15) is 19.5 Å². The lowest BCUT2D eigenvalue weighted by Gasteiger charge is -2.34. The van der Waals surface area contributed by atoms with Gasteiger partial charge in [0.25, 0.3) is 0 Å². The summed E-state index contributed by atoms with van der Waals surface area (Å²) in [6, 6.07) is -0.729. The molecule has 0 fully saturated rings. The molecule has 64 heavy (non-hydrogen) atoms. The predicted molar refractivity (Wildman–Crippen MR) is 268 cm³/mol. The van der Waals surface area contributed by atoms with Gasteiger partial charge >= 0.3 is 11.9 Å². The highest BCUT2D eigenvalue weighted by Gasteiger charge is 2.25. The number of carboxylic acid groups (broad SMARTS) is 1. The fourth-order valence-electron chi connectivity index (χ4n) is 7.78. The molecule has 0 aliphatic carbocycles. The van der Waals surface area contributed by atoms with Crippen LogP contribution in [0.25, 0.3) is 0 Å². The van der Waals surface area contributed by atoms with E-state index in [1.807, 2.05) is 0 Å². The molecule has 0 amide bonds. The Morgan fingerprint density at radius 3 is 1.27 bits per heavy atom. The van der Waals surface area contributed by atoms with Crippen LogP contribution in [-0.2, 0) is 28.6 Å². The zero-order chi connectivity index (χ0) is 47.0. The molecule has 0 aromatic carbocycles. The SMILES string of the molecule is CCCCC/C=C/C/C=C/C/C=C/CCCCCCCCCCCC(=O)OCC(COCCC(C(=O)[O-])[N+](C)(C)C)OC(=O)CCCCCCC/C=C/CCCCCCCCCCC. The molecule has 0 spiro atoms. The van der Waals surface area contributed by atoms with Gasteiger partial charge in [-0.3, -0.25) is 9.59 Å². The van der Waals surface area contributed by atoms with Crippen LogP contribution in [-0.4, -0.2) is 75.5 Å². The van der Waals surface area contributed by atoms with Gasteiger partial charge in [-0.1, -0.05) is 191 Å². The van der Waals surface area contributed by atoms with Crippen LogP contribution in [0.4, 0.5) is 0 Å². The summed E-state index contributed by atoms with van der Waals surface area (Å²) >= 11 is 0. The number of carbonyl (C=O) groups excluding carboxylic acids is 3. The lowest BCUT2D eigenvalue weighted by Crippen LogP contribution is -2.55. The number of carboxylic acids is 1. The number of esters is 2. The number of ether oxygens (including phenoxy) is 3. The number of rotatable bonds is 48. The van der Waals surface area contributed by atoms with E-state index < -0.39 is 18.1 Å². The number of unbranched alkanes of at least 4 members (excludes halogenated alkanes) is 26. The van der Waals surface area contributed by atoms with E-state index >= 15 is 0 Å². The Kier molecular flexibility index (Phi) is 44.8. The average molecular weight is 900 g/mol. The summed E-state index contributed by atoms with van der Waals surface area (Å²) in [5.41, 5.74) is 0. The first kappa shape index (κ1) is 61.3. The van der Waals surface area contributed by atoms with Crippen molar-refractivity contribution in [2.75, 3.05) is 41.0 Å². The standard InChI is InChI=1S/C56H101NO7/c1-6-8-10-12-14-16-18-20-22-24-26-27-28-29-31-32-34-36-38-40-42-44-46-54(58)63-51-52(50-62-49-48-53(56(60)61)57(3,4)5)64-55(59)47-45-43-41-39-37-35-33-30-25-23-21-19-17-15-13-11-9-7-2/h14,16,20,22,26-27,30,33,52-53H,6-13,15,17-19,21,23-25,28-29,31-32,34-51H2,1-5H3/b16-14+,22-20+,27-26+,33-30+. The van der Waals surface area contributed by atoms with Crippen molar-refractivity contribution < 1.29 is 38.2 Å². The van der Waals surface area contributed by atoms with E-state index in [4.69, 9.17) is 14.2 Å². The molecule has 0 rings (SSSR count). The van der Waals surface area contributed by atoms with E-state index in [1.54, 1.807) is 21.1 Å². The van der Waals surface area contributed by atoms with Gasteiger partial charge in [-0.05, 0) is 77.0 Å². The Bertz CT molecular complexity index is 1190. The number of nitrogens with zero attached hydrogens (tertiary/aromatic N) is 1. The molecule has 8 heteroatoms. The number of likely N-dealkylation sites (N-methyl/N-ethyl adjacent to an activating group) is 1. The third-order valence-electron chi connectivity index (χ3n) is 11.9. The van der Waals surface area contributed by atoms with E-state index in [1.165, 1.54) is 135 Å². The average Bonchev–Trinajstić information content (AvgIpc) is 3.26. The normalized spacial score (nSPS) is 13.2. The Morgan fingerprint density at radius 2 is 0.828 bits per heavy atom.